The van der Waals surface area contributed by atoms with Crippen LogP contribution in [0.4, 0.5) is 11.6 Å². The van der Waals surface area contributed by atoms with Crippen LogP contribution in [-0.2, 0) is 6.42 Å². The summed E-state index contributed by atoms with van der Waals surface area (Å²) in [5.41, 5.74) is 1.15. The molecule has 1 aromatic rings. The van der Waals surface area contributed by atoms with E-state index >= 15 is 0 Å². The molecule has 1 atom stereocenters. The van der Waals surface area contributed by atoms with Gasteiger partial charge in [-0.15, -0.1) is 0 Å². The van der Waals surface area contributed by atoms with E-state index in [1.54, 1.807) is 0 Å². The van der Waals surface area contributed by atoms with Crippen LogP contribution in [0.25, 0.3) is 0 Å². The van der Waals surface area contributed by atoms with Gasteiger partial charge in [-0.05, 0) is 40.3 Å². The van der Waals surface area contributed by atoms with Gasteiger partial charge in [-0.2, -0.15) is 0 Å². The van der Waals surface area contributed by atoms with E-state index in [0.717, 1.165) is 42.5 Å². The lowest BCUT2D eigenvalue weighted by molar-refractivity contribution is 0.314. The Hall–Kier alpha value is -1.36. The zero-order chi connectivity index (χ0) is 15.4. The summed E-state index contributed by atoms with van der Waals surface area (Å²) in [6.45, 7) is 9.45. The van der Waals surface area contributed by atoms with Gasteiger partial charge in [0.05, 0.1) is 0 Å². The molecule has 1 fully saturated rings. The summed E-state index contributed by atoms with van der Waals surface area (Å²) in [7, 11) is 4.37. The SMILES string of the molecule is CCNc1nc(CC)nc(N(C)CC2CCCN2C)c1C. The number of likely N-dealkylation sites (N-methyl/N-ethyl adjacent to an activating group) is 2. The van der Waals surface area contributed by atoms with E-state index in [-0.39, 0.29) is 0 Å². The number of aryl methyl sites for hydroxylation is 1. The lowest BCUT2D eigenvalue weighted by atomic mass is 10.2. The molecule has 1 unspecified atom stereocenters. The van der Waals surface area contributed by atoms with Crippen molar-refractivity contribution in [1.29, 1.82) is 0 Å². The average Bonchev–Trinajstić information content (AvgIpc) is 2.86. The van der Waals surface area contributed by atoms with Gasteiger partial charge >= 0.3 is 0 Å². The second-order valence-electron chi connectivity index (χ2n) is 5.98. The van der Waals surface area contributed by atoms with Crippen LogP contribution in [0.2, 0.25) is 0 Å². The Morgan fingerprint density at radius 3 is 2.67 bits per heavy atom. The highest BCUT2D eigenvalue weighted by atomic mass is 15.2. The molecule has 0 bridgehead atoms. The zero-order valence-electron chi connectivity index (χ0n) is 14.1. The third kappa shape index (κ3) is 3.64. The molecule has 1 aromatic heterocycles. The van der Waals surface area contributed by atoms with Crippen LogP contribution >= 0.6 is 0 Å². The van der Waals surface area contributed by atoms with Crippen molar-refractivity contribution in [2.24, 2.45) is 0 Å². The summed E-state index contributed by atoms with van der Waals surface area (Å²) < 4.78 is 0. The lowest BCUT2D eigenvalue weighted by Crippen LogP contribution is -2.37. The molecule has 1 aliphatic heterocycles. The van der Waals surface area contributed by atoms with Gasteiger partial charge in [0.25, 0.3) is 0 Å². The number of aromatic nitrogens is 2. The molecule has 5 heteroatoms. The summed E-state index contributed by atoms with van der Waals surface area (Å²) in [5, 5.41) is 3.36. The first-order valence-electron chi connectivity index (χ1n) is 8.09. The summed E-state index contributed by atoms with van der Waals surface area (Å²) in [6, 6.07) is 0.636. The maximum absolute atomic E-state index is 4.76. The Labute approximate surface area is 128 Å². The van der Waals surface area contributed by atoms with Crippen LogP contribution in [-0.4, -0.2) is 54.6 Å². The van der Waals surface area contributed by atoms with Gasteiger partial charge in [0.15, 0.2) is 0 Å². The highest BCUT2D eigenvalue weighted by Gasteiger charge is 2.23. The minimum atomic E-state index is 0.636. The topological polar surface area (TPSA) is 44.3 Å². The molecule has 0 saturated carbocycles. The Bertz CT molecular complexity index is 474. The first kappa shape index (κ1) is 16.0. The van der Waals surface area contributed by atoms with Gasteiger partial charge in [0.2, 0.25) is 0 Å². The molecule has 1 aliphatic rings. The second-order valence-corrected chi connectivity index (χ2v) is 5.98. The van der Waals surface area contributed by atoms with Crippen LogP contribution < -0.4 is 10.2 Å². The molecular weight excluding hydrogens is 262 g/mol. The molecule has 2 heterocycles. The van der Waals surface area contributed by atoms with Gasteiger partial charge in [0.1, 0.15) is 17.5 Å². The summed E-state index contributed by atoms with van der Waals surface area (Å²) >= 11 is 0. The predicted molar refractivity (Wildman–Crippen MR) is 89.2 cm³/mol. The standard InChI is InChI=1S/C16H29N5/c1-6-14-18-15(17-7-2)12(3)16(19-14)21(5)11-13-9-8-10-20(13)4/h13H,6-11H2,1-5H3,(H,17,18,19). The van der Waals surface area contributed by atoms with Crippen molar-refractivity contribution in [3.63, 3.8) is 0 Å². The minimum absolute atomic E-state index is 0.636. The maximum Gasteiger partial charge on any atom is 0.137 e. The van der Waals surface area contributed by atoms with Gasteiger partial charge in [-0.25, -0.2) is 9.97 Å². The summed E-state index contributed by atoms with van der Waals surface area (Å²) in [5.74, 6) is 2.96. The van der Waals surface area contributed by atoms with Crippen molar-refractivity contribution < 1.29 is 0 Å². The van der Waals surface area contributed by atoms with E-state index in [2.05, 4.69) is 55.0 Å². The average molecular weight is 291 g/mol. The Morgan fingerprint density at radius 2 is 2.10 bits per heavy atom. The third-order valence-corrected chi connectivity index (χ3v) is 4.34. The predicted octanol–water partition coefficient (Wildman–Crippen LogP) is 2.31. The number of anilines is 2. The number of hydrogen-bond acceptors (Lipinski definition) is 5. The van der Waals surface area contributed by atoms with Gasteiger partial charge in [0, 0.05) is 38.2 Å². The molecule has 1 saturated heterocycles. The molecule has 0 aromatic carbocycles. The molecule has 118 valence electrons. The fraction of sp³-hybridized carbons (Fsp3) is 0.750. The lowest BCUT2D eigenvalue weighted by Gasteiger charge is -2.28. The van der Waals surface area contributed by atoms with Crippen molar-refractivity contribution in [3.05, 3.63) is 11.4 Å². The molecule has 0 spiro atoms. The van der Waals surface area contributed by atoms with Crippen LogP contribution in [0.15, 0.2) is 0 Å². The molecule has 0 amide bonds. The second kappa shape index (κ2) is 7.07. The van der Waals surface area contributed by atoms with Gasteiger partial charge < -0.3 is 15.1 Å². The van der Waals surface area contributed by atoms with Crippen molar-refractivity contribution in [2.75, 3.05) is 43.9 Å². The zero-order valence-corrected chi connectivity index (χ0v) is 14.1. The number of nitrogens with one attached hydrogen (secondary N) is 1. The van der Waals surface area contributed by atoms with Crippen molar-refractivity contribution >= 4 is 11.6 Å². The van der Waals surface area contributed by atoms with E-state index in [1.165, 1.54) is 19.4 Å². The first-order chi connectivity index (χ1) is 10.1. The van der Waals surface area contributed by atoms with E-state index in [4.69, 9.17) is 4.98 Å². The van der Waals surface area contributed by atoms with Crippen LogP contribution in [0, 0.1) is 6.92 Å². The van der Waals surface area contributed by atoms with Crippen molar-refractivity contribution in [1.82, 2.24) is 14.9 Å². The normalized spacial score (nSPS) is 19.0. The fourth-order valence-electron chi connectivity index (χ4n) is 3.03. The number of nitrogens with zero attached hydrogens (tertiary/aromatic N) is 4. The monoisotopic (exact) mass is 291 g/mol. The van der Waals surface area contributed by atoms with Crippen molar-refractivity contribution in [2.45, 2.75) is 46.1 Å². The van der Waals surface area contributed by atoms with Gasteiger partial charge in [-0.1, -0.05) is 6.92 Å². The Balaban J connectivity index is 2.22. The van der Waals surface area contributed by atoms with Gasteiger partial charge in [-0.3, -0.25) is 0 Å². The molecule has 5 nitrogen and oxygen atoms in total. The molecule has 1 N–H and O–H groups in total. The first-order valence-corrected chi connectivity index (χ1v) is 8.09. The van der Waals surface area contributed by atoms with E-state index in [9.17, 15) is 0 Å². The molecule has 2 rings (SSSR count). The summed E-state index contributed by atoms with van der Waals surface area (Å²) in [6.07, 6.45) is 3.45. The fourth-order valence-corrected chi connectivity index (χ4v) is 3.03. The smallest absolute Gasteiger partial charge is 0.137 e. The van der Waals surface area contributed by atoms with E-state index < -0.39 is 0 Å². The van der Waals surface area contributed by atoms with E-state index in [0.29, 0.717) is 6.04 Å². The quantitative estimate of drug-likeness (QED) is 0.871. The molecule has 0 aliphatic carbocycles. The molecule has 21 heavy (non-hydrogen) atoms. The maximum atomic E-state index is 4.76. The number of hydrogen-bond donors (Lipinski definition) is 1. The van der Waals surface area contributed by atoms with E-state index in [1.807, 2.05) is 0 Å². The highest BCUT2D eigenvalue weighted by Crippen LogP contribution is 2.25. The van der Waals surface area contributed by atoms with Crippen LogP contribution in [0.5, 0.6) is 0 Å². The van der Waals surface area contributed by atoms with Crippen LogP contribution in [0.3, 0.4) is 0 Å². The molecule has 0 radical (unpaired) electrons. The highest BCUT2D eigenvalue weighted by molar-refractivity contribution is 5.58. The Kier molecular flexibility index (Phi) is 5.39. The summed E-state index contributed by atoms with van der Waals surface area (Å²) in [4.78, 5) is 14.1. The van der Waals surface area contributed by atoms with Crippen molar-refractivity contribution in [3.8, 4) is 0 Å². The number of rotatable bonds is 6. The van der Waals surface area contributed by atoms with Crippen LogP contribution in [0.1, 0.15) is 38.1 Å². The third-order valence-electron chi connectivity index (χ3n) is 4.34. The largest absolute Gasteiger partial charge is 0.370 e. The Morgan fingerprint density at radius 1 is 1.33 bits per heavy atom. The number of likely N-dealkylation sites (tertiary alicyclic amines) is 1. The minimum Gasteiger partial charge on any atom is -0.370 e. The molecular formula is C16H29N5.